The number of carbonyl (C=O) groups excluding carboxylic acids is 1. The van der Waals surface area contributed by atoms with Gasteiger partial charge in [0.2, 0.25) is 0 Å². The Hall–Kier alpha value is -2.01. The summed E-state index contributed by atoms with van der Waals surface area (Å²) in [4.78, 5) is 14.4. The van der Waals surface area contributed by atoms with E-state index in [1.165, 1.54) is 12.8 Å². The third-order valence-corrected chi connectivity index (χ3v) is 4.36. The lowest BCUT2D eigenvalue weighted by molar-refractivity contribution is 0.0727. The summed E-state index contributed by atoms with van der Waals surface area (Å²) in [6, 6.07) is 7.38. The molecule has 0 spiro atoms. The molecule has 4 rings (SSSR count). The molecule has 22 heavy (non-hydrogen) atoms. The summed E-state index contributed by atoms with van der Waals surface area (Å²) >= 11 is 6.04. The largest absolute Gasteiger partial charge is 0.491 e. The molecule has 6 heteroatoms. The normalized spacial score (nSPS) is 17.6. The number of H-pyrrole nitrogens is 1. The smallest absolute Gasteiger partial charge is 0.274 e. The topological polar surface area (TPSA) is 58.2 Å². The van der Waals surface area contributed by atoms with Gasteiger partial charge in [0.15, 0.2) is 0 Å². The van der Waals surface area contributed by atoms with Crippen molar-refractivity contribution in [3.8, 4) is 5.75 Å². The summed E-state index contributed by atoms with van der Waals surface area (Å²) in [5.74, 6) is 1.28. The number of halogens is 1. The number of rotatable bonds is 2. The number of hydrogen-bond donors (Lipinski definition) is 1. The van der Waals surface area contributed by atoms with Gasteiger partial charge in [0.25, 0.3) is 5.91 Å². The first kappa shape index (κ1) is 13.6. The molecule has 2 heterocycles. The lowest BCUT2D eigenvalue weighted by atomic mass is 10.2. The highest BCUT2D eigenvalue weighted by atomic mass is 35.5. The second kappa shape index (κ2) is 5.32. The molecule has 1 aromatic carbocycles. The Labute approximate surface area is 133 Å². The fourth-order valence-electron chi connectivity index (χ4n) is 2.75. The SMILES string of the molecule is O=C(c1cc(C2CC2)[nH]n1)N1CCOc2ccc(Cl)cc2C1. The van der Waals surface area contributed by atoms with E-state index in [4.69, 9.17) is 16.3 Å². The zero-order chi connectivity index (χ0) is 15.1. The number of aromatic nitrogens is 2. The van der Waals surface area contributed by atoms with Gasteiger partial charge in [0.05, 0.1) is 6.54 Å². The number of amides is 1. The predicted octanol–water partition coefficient (Wildman–Crippen LogP) is 2.98. The monoisotopic (exact) mass is 317 g/mol. The van der Waals surface area contributed by atoms with E-state index in [9.17, 15) is 4.79 Å². The summed E-state index contributed by atoms with van der Waals surface area (Å²) in [5, 5.41) is 7.80. The Bertz CT molecular complexity index is 724. The highest BCUT2D eigenvalue weighted by molar-refractivity contribution is 6.30. The van der Waals surface area contributed by atoms with Crippen molar-refractivity contribution >= 4 is 17.5 Å². The van der Waals surface area contributed by atoms with Crippen LogP contribution in [0.25, 0.3) is 0 Å². The Kier molecular flexibility index (Phi) is 3.30. The number of hydrogen-bond acceptors (Lipinski definition) is 3. The minimum absolute atomic E-state index is 0.0698. The molecule has 0 atom stereocenters. The van der Waals surface area contributed by atoms with E-state index < -0.39 is 0 Å². The number of carbonyl (C=O) groups is 1. The van der Waals surface area contributed by atoms with Gasteiger partial charge in [-0.3, -0.25) is 9.89 Å². The van der Waals surface area contributed by atoms with Crippen LogP contribution >= 0.6 is 11.6 Å². The second-order valence-corrected chi connectivity index (χ2v) is 6.25. The average molecular weight is 318 g/mol. The van der Waals surface area contributed by atoms with Gasteiger partial charge in [-0.1, -0.05) is 11.6 Å². The highest BCUT2D eigenvalue weighted by Gasteiger charge is 2.28. The van der Waals surface area contributed by atoms with Crippen LogP contribution in [-0.4, -0.2) is 34.2 Å². The summed E-state index contributed by atoms with van der Waals surface area (Å²) in [6.45, 7) is 1.50. The predicted molar refractivity (Wildman–Crippen MR) is 82.3 cm³/mol. The maximum Gasteiger partial charge on any atom is 0.274 e. The molecule has 0 saturated heterocycles. The summed E-state index contributed by atoms with van der Waals surface area (Å²) in [7, 11) is 0. The van der Waals surface area contributed by atoms with Crippen molar-refractivity contribution in [1.82, 2.24) is 15.1 Å². The molecule has 1 amide bonds. The molecule has 2 aliphatic rings. The number of ether oxygens (including phenoxy) is 1. The molecular weight excluding hydrogens is 302 g/mol. The summed E-state index contributed by atoms with van der Waals surface area (Å²) in [5.41, 5.74) is 2.47. The molecule has 0 bridgehead atoms. The lowest BCUT2D eigenvalue weighted by Crippen LogP contribution is -2.32. The number of nitrogens with zero attached hydrogens (tertiary/aromatic N) is 2. The first-order chi connectivity index (χ1) is 10.7. The molecular formula is C16H16ClN3O2. The van der Waals surface area contributed by atoms with Crippen LogP contribution in [0, 0.1) is 0 Å². The van der Waals surface area contributed by atoms with Gasteiger partial charge < -0.3 is 9.64 Å². The fourth-order valence-corrected chi connectivity index (χ4v) is 2.94. The molecule has 0 radical (unpaired) electrons. The van der Waals surface area contributed by atoms with E-state index in [0.717, 1.165) is 17.0 Å². The molecule has 0 unspecified atom stereocenters. The fraction of sp³-hybridized carbons (Fsp3) is 0.375. The first-order valence-corrected chi connectivity index (χ1v) is 7.84. The summed E-state index contributed by atoms with van der Waals surface area (Å²) in [6.07, 6.45) is 2.36. The second-order valence-electron chi connectivity index (χ2n) is 5.81. The van der Waals surface area contributed by atoms with Crippen LogP contribution in [0.2, 0.25) is 5.02 Å². The third-order valence-electron chi connectivity index (χ3n) is 4.12. The number of fused-ring (bicyclic) bond motifs is 1. The van der Waals surface area contributed by atoms with Gasteiger partial charge in [-0.05, 0) is 37.1 Å². The van der Waals surface area contributed by atoms with Gasteiger partial charge >= 0.3 is 0 Å². The van der Waals surface area contributed by atoms with Crippen LogP contribution in [0.15, 0.2) is 24.3 Å². The molecule has 5 nitrogen and oxygen atoms in total. The number of aromatic amines is 1. The van der Waals surface area contributed by atoms with Crippen LogP contribution in [0.3, 0.4) is 0 Å². The minimum atomic E-state index is -0.0698. The molecule has 114 valence electrons. The first-order valence-electron chi connectivity index (χ1n) is 7.46. The van der Waals surface area contributed by atoms with Crippen LogP contribution in [-0.2, 0) is 6.54 Å². The zero-order valence-corrected chi connectivity index (χ0v) is 12.8. The molecule has 1 N–H and O–H groups in total. The van der Waals surface area contributed by atoms with Crippen LogP contribution in [0.1, 0.15) is 40.5 Å². The van der Waals surface area contributed by atoms with Crippen molar-refractivity contribution < 1.29 is 9.53 Å². The third kappa shape index (κ3) is 2.57. The van der Waals surface area contributed by atoms with Crippen LogP contribution in [0.5, 0.6) is 5.75 Å². The maximum absolute atomic E-state index is 12.7. The number of benzene rings is 1. The van der Waals surface area contributed by atoms with Crippen molar-refractivity contribution in [2.75, 3.05) is 13.2 Å². The average Bonchev–Trinajstić information content (AvgIpc) is 3.28. The Morgan fingerprint density at radius 1 is 1.36 bits per heavy atom. The van der Waals surface area contributed by atoms with Crippen LogP contribution in [0.4, 0.5) is 0 Å². The molecule has 1 aromatic heterocycles. The zero-order valence-electron chi connectivity index (χ0n) is 12.0. The minimum Gasteiger partial charge on any atom is -0.491 e. The van der Waals surface area contributed by atoms with Crippen molar-refractivity contribution in [3.63, 3.8) is 0 Å². The van der Waals surface area contributed by atoms with Crippen molar-refractivity contribution in [3.05, 3.63) is 46.2 Å². The maximum atomic E-state index is 12.7. The Balaban J connectivity index is 1.57. The highest BCUT2D eigenvalue weighted by Crippen LogP contribution is 2.39. The van der Waals surface area contributed by atoms with E-state index >= 15 is 0 Å². The molecule has 2 aromatic rings. The number of nitrogens with one attached hydrogen (secondary N) is 1. The summed E-state index contributed by atoms with van der Waals surface area (Å²) < 4.78 is 5.69. The van der Waals surface area contributed by atoms with E-state index in [0.29, 0.717) is 36.3 Å². The molecule has 1 aliphatic carbocycles. The van der Waals surface area contributed by atoms with E-state index in [1.807, 2.05) is 18.2 Å². The van der Waals surface area contributed by atoms with E-state index in [-0.39, 0.29) is 5.91 Å². The van der Waals surface area contributed by atoms with E-state index in [1.54, 1.807) is 11.0 Å². The molecule has 1 fully saturated rings. The van der Waals surface area contributed by atoms with Gasteiger partial charge in [-0.2, -0.15) is 5.10 Å². The van der Waals surface area contributed by atoms with Gasteiger partial charge in [-0.15, -0.1) is 0 Å². The van der Waals surface area contributed by atoms with Crippen LogP contribution < -0.4 is 4.74 Å². The van der Waals surface area contributed by atoms with E-state index in [2.05, 4.69) is 10.2 Å². The quantitative estimate of drug-likeness (QED) is 0.926. The van der Waals surface area contributed by atoms with Gasteiger partial charge in [0, 0.05) is 28.7 Å². The van der Waals surface area contributed by atoms with Crippen molar-refractivity contribution in [1.29, 1.82) is 0 Å². The van der Waals surface area contributed by atoms with Gasteiger partial charge in [-0.25, -0.2) is 0 Å². The standard InChI is InChI=1S/C16H16ClN3O2/c17-12-3-4-15-11(7-12)9-20(5-6-22-15)16(21)14-8-13(18-19-14)10-1-2-10/h3-4,7-8,10H,1-2,5-6,9H2,(H,18,19). The Morgan fingerprint density at radius 3 is 3.05 bits per heavy atom. The Morgan fingerprint density at radius 2 is 2.23 bits per heavy atom. The molecule has 1 aliphatic heterocycles. The lowest BCUT2D eigenvalue weighted by Gasteiger charge is -2.18. The van der Waals surface area contributed by atoms with Gasteiger partial charge in [0.1, 0.15) is 18.1 Å². The van der Waals surface area contributed by atoms with Crippen molar-refractivity contribution in [2.24, 2.45) is 0 Å². The molecule has 1 saturated carbocycles. The van der Waals surface area contributed by atoms with Crippen molar-refractivity contribution in [2.45, 2.75) is 25.3 Å².